The number of amides is 2. The van der Waals surface area contributed by atoms with Crippen molar-refractivity contribution in [3.63, 3.8) is 0 Å². The average Bonchev–Trinajstić information content (AvgIpc) is 3.34. The number of fused-ring (bicyclic) bond motifs is 1. The SMILES string of the molecule is CC(C)c1cccc(OCC(=O)c2ccc3c(c2)N(CC(=O)N2CCCC2)C(=O)CO3)c1. The first-order valence-electron chi connectivity index (χ1n) is 11.0. The van der Waals surface area contributed by atoms with E-state index in [0.717, 1.165) is 31.5 Å². The summed E-state index contributed by atoms with van der Waals surface area (Å²) in [7, 11) is 0. The van der Waals surface area contributed by atoms with Gasteiger partial charge in [0.1, 0.15) is 18.0 Å². The molecule has 0 aromatic heterocycles. The lowest BCUT2D eigenvalue weighted by molar-refractivity contribution is -0.131. The molecule has 2 heterocycles. The quantitative estimate of drug-likeness (QED) is 0.622. The molecule has 168 valence electrons. The number of hydrogen-bond donors (Lipinski definition) is 0. The maximum absolute atomic E-state index is 12.8. The van der Waals surface area contributed by atoms with Crippen LogP contribution in [0.25, 0.3) is 0 Å². The number of rotatable bonds is 7. The van der Waals surface area contributed by atoms with Gasteiger partial charge in [-0.25, -0.2) is 0 Å². The van der Waals surface area contributed by atoms with Crippen LogP contribution in [0.3, 0.4) is 0 Å². The van der Waals surface area contributed by atoms with Gasteiger partial charge in [0.15, 0.2) is 19.0 Å². The Hall–Kier alpha value is -3.35. The molecule has 7 nitrogen and oxygen atoms in total. The lowest BCUT2D eigenvalue weighted by atomic mass is 10.0. The molecule has 7 heteroatoms. The molecule has 1 fully saturated rings. The van der Waals surface area contributed by atoms with Crippen molar-refractivity contribution in [3.8, 4) is 11.5 Å². The van der Waals surface area contributed by atoms with E-state index < -0.39 is 0 Å². The highest BCUT2D eigenvalue weighted by Crippen LogP contribution is 2.33. The van der Waals surface area contributed by atoms with Crippen LogP contribution in [0.4, 0.5) is 5.69 Å². The van der Waals surface area contributed by atoms with E-state index in [1.54, 1.807) is 23.1 Å². The molecule has 0 saturated carbocycles. The van der Waals surface area contributed by atoms with Gasteiger partial charge in [0.25, 0.3) is 5.91 Å². The molecule has 2 aliphatic rings. The van der Waals surface area contributed by atoms with Gasteiger partial charge in [-0.1, -0.05) is 26.0 Å². The van der Waals surface area contributed by atoms with Crippen molar-refractivity contribution in [2.45, 2.75) is 32.6 Å². The number of hydrogen-bond acceptors (Lipinski definition) is 5. The summed E-state index contributed by atoms with van der Waals surface area (Å²) in [5.41, 5.74) is 1.99. The molecular weight excluding hydrogens is 408 g/mol. The van der Waals surface area contributed by atoms with Gasteiger partial charge in [0.2, 0.25) is 5.91 Å². The van der Waals surface area contributed by atoms with Crippen LogP contribution in [-0.4, -0.2) is 55.3 Å². The topological polar surface area (TPSA) is 76.2 Å². The van der Waals surface area contributed by atoms with E-state index in [1.807, 2.05) is 24.3 Å². The molecule has 1 saturated heterocycles. The van der Waals surface area contributed by atoms with E-state index in [1.165, 1.54) is 4.90 Å². The number of ketones is 1. The lowest BCUT2D eigenvalue weighted by Gasteiger charge is -2.30. The number of Topliss-reactive ketones (excluding diaryl/α,β-unsaturated/α-hetero) is 1. The van der Waals surface area contributed by atoms with Crippen molar-refractivity contribution < 1.29 is 23.9 Å². The van der Waals surface area contributed by atoms with E-state index in [-0.39, 0.29) is 37.4 Å². The van der Waals surface area contributed by atoms with E-state index in [9.17, 15) is 14.4 Å². The summed E-state index contributed by atoms with van der Waals surface area (Å²) in [4.78, 5) is 41.1. The highest BCUT2D eigenvalue weighted by molar-refractivity contribution is 6.04. The van der Waals surface area contributed by atoms with Gasteiger partial charge in [-0.15, -0.1) is 0 Å². The molecule has 2 amide bonds. The molecule has 0 bridgehead atoms. The van der Waals surface area contributed by atoms with Crippen LogP contribution in [0.2, 0.25) is 0 Å². The first kappa shape index (κ1) is 21.9. The molecule has 2 aliphatic heterocycles. The Labute approximate surface area is 187 Å². The molecule has 0 radical (unpaired) electrons. The second kappa shape index (κ2) is 9.42. The summed E-state index contributed by atoms with van der Waals surface area (Å²) in [5, 5.41) is 0. The number of carbonyl (C=O) groups is 3. The van der Waals surface area contributed by atoms with Crippen LogP contribution < -0.4 is 14.4 Å². The lowest BCUT2D eigenvalue weighted by Crippen LogP contribution is -2.46. The average molecular weight is 437 g/mol. The van der Waals surface area contributed by atoms with E-state index in [0.29, 0.717) is 28.7 Å². The Morgan fingerprint density at radius 1 is 1.09 bits per heavy atom. The standard InChI is InChI=1S/C25H28N2O5/c1-17(2)18-6-5-7-20(12-18)31-15-22(28)19-8-9-23-21(13-19)27(25(30)16-32-23)14-24(29)26-10-3-4-11-26/h5-9,12-13,17H,3-4,10-11,14-16H2,1-2H3. The summed E-state index contributed by atoms with van der Waals surface area (Å²) in [6.07, 6.45) is 1.97. The fourth-order valence-corrected chi connectivity index (χ4v) is 3.95. The van der Waals surface area contributed by atoms with E-state index >= 15 is 0 Å². The summed E-state index contributed by atoms with van der Waals surface area (Å²) in [5.74, 6) is 0.887. The fraction of sp³-hybridized carbons (Fsp3) is 0.400. The van der Waals surface area contributed by atoms with Crippen LogP contribution in [-0.2, 0) is 9.59 Å². The van der Waals surface area contributed by atoms with Crippen molar-refractivity contribution in [1.82, 2.24) is 4.90 Å². The molecule has 2 aromatic carbocycles. The summed E-state index contributed by atoms with van der Waals surface area (Å²) < 4.78 is 11.2. The second-order valence-electron chi connectivity index (χ2n) is 8.48. The summed E-state index contributed by atoms with van der Waals surface area (Å²) >= 11 is 0. The zero-order valence-corrected chi connectivity index (χ0v) is 18.5. The van der Waals surface area contributed by atoms with Gasteiger partial charge < -0.3 is 14.4 Å². The van der Waals surface area contributed by atoms with Crippen molar-refractivity contribution in [2.75, 3.05) is 37.7 Å². The first-order valence-corrected chi connectivity index (χ1v) is 11.0. The Morgan fingerprint density at radius 2 is 1.88 bits per heavy atom. The van der Waals surface area contributed by atoms with Crippen molar-refractivity contribution >= 4 is 23.3 Å². The maximum atomic E-state index is 12.8. The molecule has 0 atom stereocenters. The molecule has 0 unspecified atom stereocenters. The predicted octanol–water partition coefficient (Wildman–Crippen LogP) is 3.42. The number of carbonyl (C=O) groups excluding carboxylic acids is 3. The minimum absolute atomic E-state index is 0.0503. The van der Waals surface area contributed by atoms with Crippen LogP contribution in [0, 0.1) is 0 Å². The Kier molecular flexibility index (Phi) is 6.44. The third kappa shape index (κ3) is 4.77. The van der Waals surface area contributed by atoms with E-state index in [4.69, 9.17) is 9.47 Å². The predicted molar refractivity (Wildman–Crippen MR) is 120 cm³/mol. The van der Waals surface area contributed by atoms with Crippen molar-refractivity contribution in [3.05, 3.63) is 53.6 Å². The summed E-state index contributed by atoms with van der Waals surface area (Å²) in [6, 6.07) is 12.6. The third-order valence-electron chi connectivity index (χ3n) is 5.87. The largest absolute Gasteiger partial charge is 0.485 e. The maximum Gasteiger partial charge on any atom is 0.265 e. The van der Waals surface area contributed by atoms with E-state index in [2.05, 4.69) is 13.8 Å². The summed E-state index contributed by atoms with van der Waals surface area (Å²) in [6.45, 7) is 5.34. The van der Waals surface area contributed by atoms with Gasteiger partial charge in [0, 0.05) is 18.7 Å². The number of likely N-dealkylation sites (tertiary alicyclic amines) is 1. The van der Waals surface area contributed by atoms with Crippen molar-refractivity contribution in [2.24, 2.45) is 0 Å². The van der Waals surface area contributed by atoms with Gasteiger partial charge in [0.05, 0.1) is 5.69 Å². The van der Waals surface area contributed by atoms with Crippen LogP contribution in [0.5, 0.6) is 11.5 Å². The number of ether oxygens (including phenoxy) is 2. The molecule has 2 aromatic rings. The van der Waals surface area contributed by atoms with Crippen LogP contribution in [0.1, 0.15) is 48.5 Å². The molecule has 0 aliphatic carbocycles. The zero-order chi connectivity index (χ0) is 22.7. The molecule has 32 heavy (non-hydrogen) atoms. The number of benzene rings is 2. The molecule has 4 rings (SSSR count). The minimum atomic E-state index is -0.295. The highest BCUT2D eigenvalue weighted by Gasteiger charge is 2.30. The second-order valence-corrected chi connectivity index (χ2v) is 8.48. The molecule has 0 spiro atoms. The normalized spacial score (nSPS) is 15.5. The Balaban J connectivity index is 1.48. The zero-order valence-electron chi connectivity index (χ0n) is 18.5. The number of anilines is 1. The van der Waals surface area contributed by atoms with Gasteiger partial charge in [-0.05, 0) is 54.7 Å². The Morgan fingerprint density at radius 3 is 2.62 bits per heavy atom. The first-order chi connectivity index (χ1) is 15.4. The van der Waals surface area contributed by atoms with Gasteiger partial charge >= 0.3 is 0 Å². The van der Waals surface area contributed by atoms with Crippen molar-refractivity contribution in [1.29, 1.82) is 0 Å². The number of nitrogens with zero attached hydrogens (tertiary/aromatic N) is 2. The van der Waals surface area contributed by atoms with Gasteiger partial charge in [-0.3, -0.25) is 19.3 Å². The highest BCUT2D eigenvalue weighted by atomic mass is 16.5. The Bertz CT molecular complexity index is 1030. The smallest absolute Gasteiger partial charge is 0.265 e. The molecule has 0 N–H and O–H groups in total. The van der Waals surface area contributed by atoms with Gasteiger partial charge in [-0.2, -0.15) is 0 Å². The van der Waals surface area contributed by atoms with Crippen LogP contribution >= 0.6 is 0 Å². The fourth-order valence-electron chi connectivity index (χ4n) is 3.95. The third-order valence-corrected chi connectivity index (χ3v) is 5.87. The molecular formula is C25H28N2O5. The van der Waals surface area contributed by atoms with Crippen LogP contribution in [0.15, 0.2) is 42.5 Å². The minimum Gasteiger partial charge on any atom is -0.485 e. The monoisotopic (exact) mass is 436 g/mol.